The second-order valence-electron chi connectivity index (χ2n) is 3.53. The predicted molar refractivity (Wildman–Crippen MR) is 42.2 cm³/mol. The van der Waals surface area contributed by atoms with E-state index in [0.717, 1.165) is 0 Å². The highest BCUT2D eigenvalue weighted by atomic mass is 19.3. The van der Waals surface area contributed by atoms with E-state index in [0.29, 0.717) is 5.69 Å². The van der Waals surface area contributed by atoms with Crippen molar-refractivity contribution in [2.45, 2.75) is 24.7 Å². The van der Waals surface area contributed by atoms with Gasteiger partial charge in [-0.3, -0.25) is 9.89 Å². The predicted octanol–water partition coefficient (Wildman–Crippen LogP) is 1.08. The summed E-state index contributed by atoms with van der Waals surface area (Å²) < 4.78 is 25.9. The minimum atomic E-state index is -3.18. The molecule has 0 radical (unpaired) electrons. The van der Waals surface area contributed by atoms with Crippen LogP contribution in [0.5, 0.6) is 0 Å². The van der Waals surface area contributed by atoms with Crippen LogP contribution in [-0.2, 0) is 10.2 Å². The SMILES string of the molecule is Cc1cc(C2(C(=O)O)CC2(F)F)n[nH]1. The number of halogens is 2. The maximum atomic E-state index is 13.0. The molecule has 1 heterocycles. The lowest BCUT2D eigenvalue weighted by Crippen LogP contribution is -2.27. The van der Waals surface area contributed by atoms with E-state index in [9.17, 15) is 13.6 Å². The van der Waals surface area contributed by atoms with Crippen LogP contribution in [0.25, 0.3) is 0 Å². The number of H-pyrrole nitrogens is 1. The molecule has 1 fully saturated rings. The molecule has 0 bridgehead atoms. The van der Waals surface area contributed by atoms with Gasteiger partial charge in [-0.05, 0) is 13.0 Å². The molecule has 1 atom stereocenters. The van der Waals surface area contributed by atoms with Gasteiger partial charge in [-0.15, -0.1) is 0 Å². The molecule has 6 heteroatoms. The molecule has 1 aliphatic carbocycles. The van der Waals surface area contributed by atoms with E-state index in [1.54, 1.807) is 6.92 Å². The standard InChI is InChI=1S/C8H8F2N2O2/c1-4-2-5(12-11-4)7(6(13)14)3-8(7,9)10/h2H,3H2,1H3,(H,11,12)(H,13,14). The van der Waals surface area contributed by atoms with Gasteiger partial charge in [-0.25, -0.2) is 8.78 Å². The zero-order chi connectivity index (χ0) is 10.6. The molecule has 0 amide bonds. The second kappa shape index (κ2) is 2.31. The summed E-state index contributed by atoms with van der Waals surface area (Å²) in [5.41, 5.74) is -1.62. The molecule has 0 aliphatic heterocycles. The number of aromatic amines is 1. The van der Waals surface area contributed by atoms with Crippen molar-refractivity contribution in [1.29, 1.82) is 0 Å². The zero-order valence-corrected chi connectivity index (χ0v) is 7.34. The average molecular weight is 202 g/mol. The summed E-state index contributed by atoms with van der Waals surface area (Å²) in [7, 11) is 0. The highest BCUT2D eigenvalue weighted by Crippen LogP contribution is 2.61. The number of nitrogens with one attached hydrogen (secondary N) is 1. The molecule has 0 spiro atoms. The van der Waals surface area contributed by atoms with E-state index in [1.807, 2.05) is 0 Å². The lowest BCUT2D eigenvalue weighted by molar-refractivity contribution is -0.143. The van der Waals surface area contributed by atoms with Gasteiger partial charge in [-0.1, -0.05) is 0 Å². The minimum absolute atomic E-state index is 0.0903. The fraction of sp³-hybridized carbons (Fsp3) is 0.500. The van der Waals surface area contributed by atoms with Crippen molar-refractivity contribution in [1.82, 2.24) is 10.2 Å². The van der Waals surface area contributed by atoms with Gasteiger partial charge in [0.1, 0.15) is 0 Å². The number of carboxylic acids is 1. The van der Waals surface area contributed by atoms with Crippen LogP contribution >= 0.6 is 0 Å². The van der Waals surface area contributed by atoms with Crippen molar-refractivity contribution in [2.75, 3.05) is 0 Å². The summed E-state index contributed by atoms with van der Waals surface area (Å²) >= 11 is 0. The Bertz CT molecular complexity index is 402. The summed E-state index contributed by atoms with van der Waals surface area (Å²) in [6.45, 7) is 1.63. The van der Waals surface area contributed by atoms with Crippen LogP contribution in [0, 0.1) is 6.92 Å². The van der Waals surface area contributed by atoms with Gasteiger partial charge in [-0.2, -0.15) is 5.10 Å². The summed E-state index contributed by atoms with van der Waals surface area (Å²) in [4.78, 5) is 10.8. The van der Waals surface area contributed by atoms with Gasteiger partial charge >= 0.3 is 5.97 Å². The van der Waals surface area contributed by atoms with Crippen molar-refractivity contribution in [2.24, 2.45) is 0 Å². The molecule has 1 aromatic heterocycles. The van der Waals surface area contributed by atoms with Crippen LogP contribution in [0.1, 0.15) is 17.8 Å². The number of aryl methyl sites for hydroxylation is 1. The molecule has 1 aromatic rings. The number of hydrogen-bond donors (Lipinski definition) is 2. The maximum absolute atomic E-state index is 13.0. The van der Waals surface area contributed by atoms with Gasteiger partial charge in [0.05, 0.1) is 5.69 Å². The average Bonchev–Trinajstić information content (AvgIpc) is 2.44. The molecule has 2 N–H and O–H groups in total. The third-order valence-corrected chi connectivity index (χ3v) is 2.49. The summed E-state index contributed by atoms with van der Waals surface area (Å²) in [6, 6.07) is 1.34. The Morgan fingerprint density at radius 3 is 2.57 bits per heavy atom. The third-order valence-electron chi connectivity index (χ3n) is 2.49. The van der Waals surface area contributed by atoms with Crippen LogP contribution < -0.4 is 0 Å². The van der Waals surface area contributed by atoms with Crippen LogP contribution in [0.4, 0.5) is 8.78 Å². The van der Waals surface area contributed by atoms with E-state index in [-0.39, 0.29) is 5.69 Å². The molecule has 1 unspecified atom stereocenters. The maximum Gasteiger partial charge on any atom is 0.322 e. The first kappa shape index (κ1) is 9.11. The van der Waals surface area contributed by atoms with Crippen molar-refractivity contribution in [3.05, 3.63) is 17.5 Å². The lowest BCUT2D eigenvalue weighted by Gasteiger charge is -2.06. The molecule has 2 rings (SSSR count). The number of alkyl halides is 2. The van der Waals surface area contributed by atoms with Crippen molar-refractivity contribution < 1.29 is 18.7 Å². The Morgan fingerprint density at radius 2 is 2.29 bits per heavy atom. The van der Waals surface area contributed by atoms with Crippen molar-refractivity contribution in [3.8, 4) is 0 Å². The Hall–Kier alpha value is -1.46. The number of aromatic nitrogens is 2. The van der Waals surface area contributed by atoms with E-state index >= 15 is 0 Å². The quantitative estimate of drug-likeness (QED) is 0.754. The van der Waals surface area contributed by atoms with Gasteiger partial charge in [0, 0.05) is 12.1 Å². The first-order chi connectivity index (χ1) is 6.40. The fourth-order valence-electron chi connectivity index (χ4n) is 1.55. The normalized spacial score (nSPS) is 28.8. The summed E-state index contributed by atoms with van der Waals surface area (Å²) in [6.07, 6.45) is -0.667. The van der Waals surface area contributed by atoms with Crippen molar-refractivity contribution in [3.63, 3.8) is 0 Å². The smallest absolute Gasteiger partial charge is 0.322 e. The van der Waals surface area contributed by atoms with E-state index in [2.05, 4.69) is 10.2 Å². The number of aliphatic carboxylic acids is 1. The highest BCUT2D eigenvalue weighted by Gasteiger charge is 2.78. The molecule has 1 saturated carbocycles. The molecule has 0 aromatic carbocycles. The Kier molecular flexibility index (Phi) is 1.51. The molecule has 4 nitrogen and oxygen atoms in total. The van der Waals surface area contributed by atoms with Crippen LogP contribution in [0.15, 0.2) is 6.07 Å². The van der Waals surface area contributed by atoms with Gasteiger partial charge in [0.2, 0.25) is 0 Å². The van der Waals surface area contributed by atoms with Gasteiger partial charge in [0.25, 0.3) is 5.92 Å². The third kappa shape index (κ3) is 0.906. The summed E-state index contributed by atoms with van der Waals surface area (Å²) in [5, 5.41) is 14.8. The molecule has 76 valence electrons. The number of hydrogen-bond acceptors (Lipinski definition) is 2. The topological polar surface area (TPSA) is 66.0 Å². The number of rotatable bonds is 2. The molecular formula is C8H8F2N2O2. The summed E-state index contributed by atoms with van der Waals surface area (Å²) in [5.74, 6) is -4.70. The first-order valence-corrected chi connectivity index (χ1v) is 4.04. The first-order valence-electron chi connectivity index (χ1n) is 4.04. The minimum Gasteiger partial charge on any atom is -0.480 e. The van der Waals surface area contributed by atoms with Crippen LogP contribution in [0.2, 0.25) is 0 Å². The van der Waals surface area contributed by atoms with Crippen molar-refractivity contribution >= 4 is 5.97 Å². The zero-order valence-electron chi connectivity index (χ0n) is 7.34. The molecule has 1 aliphatic rings. The van der Waals surface area contributed by atoms with Crippen LogP contribution in [-0.4, -0.2) is 27.2 Å². The Balaban J connectivity index is 2.46. The van der Waals surface area contributed by atoms with Gasteiger partial charge in [0.15, 0.2) is 5.41 Å². The molecule has 0 saturated heterocycles. The lowest BCUT2D eigenvalue weighted by atomic mass is 10.0. The van der Waals surface area contributed by atoms with E-state index in [1.165, 1.54) is 6.07 Å². The molecular weight excluding hydrogens is 194 g/mol. The van der Waals surface area contributed by atoms with E-state index in [4.69, 9.17) is 5.11 Å². The van der Waals surface area contributed by atoms with Crippen LogP contribution in [0.3, 0.4) is 0 Å². The Labute approximate surface area is 77.9 Å². The number of carboxylic acid groups (broad SMARTS) is 1. The monoisotopic (exact) mass is 202 g/mol. The second-order valence-corrected chi connectivity index (χ2v) is 3.53. The molecule has 14 heavy (non-hydrogen) atoms. The number of nitrogens with zero attached hydrogens (tertiary/aromatic N) is 1. The number of carbonyl (C=O) groups is 1. The van der Waals surface area contributed by atoms with Gasteiger partial charge < -0.3 is 5.11 Å². The largest absolute Gasteiger partial charge is 0.480 e. The highest BCUT2D eigenvalue weighted by molar-refractivity contribution is 5.87. The fourth-order valence-corrected chi connectivity index (χ4v) is 1.55. The Morgan fingerprint density at radius 1 is 1.71 bits per heavy atom. The van der Waals surface area contributed by atoms with E-state index < -0.39 is 23.7 Å².